The number of aromatic nitrogens is 2. The molecule has 0 amide bonds. The number of hydrogen-bond donors (Lipinski definition) is 2. The van der Waals surface area contributed by atoms with Crippen molar-refractivity contribution in [2.24, 2.45) is 5.92 Å². The summed E-state index contributed by atoms with van der Waals surface area (Å²) in [6.45, 7) is 13.8. The number of nitrogens with one attached hydrogen (secondary N) is 1. The van der Waals surface area contributed by atoms with Crippen molar-refractivity contribution in [1.29, 1.82) is 0 Å². The molecule has 0 saturated carbocycles. The first-order valence-corrected chi connectivity index (χ1v) is 6.83. The van der Waals surface area contributed by atoms with Gasteiger partial charge < -0.3 is 10.4 Å². The minimum absolute atomic E-state index is 0.215. The SMILES string of the molecule is CCn1nc(C)c(C(C)NC(C)C(C)CO)c1C. The molecule has 1 aromatic heterocycles. The number of nitrogens with zero attached hydrogens (tertiary/aromatic N) is 2. The Bertz CT molecular complexity index is 387. The summed E-state index contributed by atoms with van der Waals surface area (Å²) < 4.78 is 2.04. The molecule has 4 heteroatoms. The Balaban J connectivity index is 2.84. The molecule has 0 bridgehead atoms. The fourth-order valence-corrected chi connectivity index (χ4v) is 2.45. The van der Waals surface area contributed by atoms with Crippen molar-refractivity contribution in [2.75, 3.05) is 6.61 Å². The third-order valence-corrected chi connectivity index (χ3v) is 3.82. The lowest BCUT2D eigenvalue weighted by molar-refractivity contribution is 0.202. The van der Waals surface area contributed by atoms with Crippen LogP contribution in [0.5, 0.6) is 0 Å². The van der Waals surface area contributed by atoms with Crippen molar-refractivity contribution in [3.05, 3.63) is 17.0 Å². The van der Waals surface area contributed by atoms with Gasteiger partial charge >= 0.3 is 0 Å². The van der Waals surface area contributed by atoms with Crippen LogP contribution >= 0.6 is 0 Å². The molecule has 3 unspecified atom stereocenters. The van der Waals surface area contributed by atoms with Crippen molar-refractivity contribution in [3.8, 4) is 0 Å². The van der Waals surface area contributed by atoms with Crippen molar-refractivity contribution in [3.63, 3.8) is 0 Å². The molecule has 3 atom stereocenters. The van der Waals surface area contributed by atoms with E-state index in [1.807, 2.05) is 4.68 Å². The van der Waals surface area contributed by atoms with E-state index in [1.54, 1.807) is 0 Å². The summed E-state index contributed by atoms with van der Waals surface area (Å²) in [7, 11) is 0. The van der Waals surface area contributed by atoms with Gasteiger partial charge in [0.1, 0.15) is 0 Å². The molecule has 0 aliphatic rings. The molecule has 0 aliphatic heterocycles. The van der Waals surface area contributed by atoms with E-state index >= 15 is 0 Å². The van der Waals surface area contributed by atoms with Gasteiger partial charge in [-0.2, -0.15) is 5.10 Å². The average molecular weight is 253 g/mol. The fraction of sp³-hybridized carbons (Fsp3) is 0.786. The second kappa shape index (κ2) is 6.34. The highest BCUT2D eigenvalue weighted by molar-refractivity contribution is 5.27. The molecular formula is C14H27N3O. The Labute approximate surface area is 110 Å². The van der Waals surface area contributed by atoms with Gasteiger partial charge in [0.15, 0.2) is 0 Å². The van der Waals surface area contributed by atoms with Crippen molar-refractivity contribution >= 4 is 0 Å². The molecule has 0 aromatic carbocycles. The number of aryl methyl sites for hydroxylation is 2. The lowest BCUT2D eigenvalue weighted by atomic mass is 10.0. The summed E-state index contributed by atoms with van der Waals surface area (Å²) >= 11 is 0. The highest BCUT2D eigenvalue weighted by Gasteiger charge is 2.20. The Kier molecular flexibility index (Phi) is 5.35. The summed E-state index contributed by atoms with van der Waals surface area (Å²) in [5.41, 5.74) is 3.62. The molecule has 0 spiro atoms. The van der Waals surface area contributed by atoms with E-state index in [1.165, 1.54) is 11.3 Å². The number of aliphatic hydroxyl groups is 1. The van der Waals surface area contributed by atoms with Gasteiger partial charge in [-0.25, -0.2) is 0 Å². The highest BCUT2D eigenvalue weighted by atomic mass is 16.3. The second-order valence-electron chi connectivity index (χ2n) is 5.24. The monoisotopic (exact) mass is 253 g/mol. The van der Waals surface area contributed by atoms with Crippen LogP contribution in [0.2, 0.25) is 0 Å². The van der Waals surface area contributed by atoms with E-state index in [0.717, 1.165) is 12.2 Å². The summed E-state index contributed by atoms with van der Waals surface area (Å²) in [4.78, 5) is 0. The van der Waals surface area contributed by atoms with E-state index in [-0.39, 0.29) is 24.6 Å². The van der Waals surface area contributed by atoms with E-state index in [4.69, 9.17) is 0 Å². The predicted octanol–water partition coefficient (Wildman–Crippen LogP) is 2.19. The lowest BCUT2D eigenvalue weighted by Crippen LogP contribution is -2.36. The third kappa shape index (κ3) is 3.12. The Morgan fingerprint density at radius 3 is 2.33 bits per heavy atom. The van der Waals surface area contributed by atoms with Gasteiger partial charge in [0, 0.05) is 36.5 Å². The van der Waals surface area contributed by atoms with Gasteiger partial charge in [0.05, 0.1) is 5.69 Å². The first-order valence-electron chi connectivity index (χ1n) is 6.83. The zero-order chi connectivity index (χ0) is 13.9. The molecule has 0 radical (unpaired) electrons. The topological polar surface area (TPSA) is 50.1 Å². The molecular weight excluding hydrogens is 226 g/mol. The van der Waals surface area contributed by atoms with Crippen LogP contribution in [0.15, 0.2) is 0 Å². The number of hydrogen-bond acceptors (Lipinski definition) is 3. The summed E-state index contributed by atoms with van der Waals surface area (Å²) in [5, 5.41) is 17.3. The molecule has 104 valence electrons. The van der Waals surface area contributed by atoms with Gasteiger partial charge in [-0.05, 0) is 40.5 Å². The van der Waals surface area contributed by atoms with Gasteiger partial charge in [0.25, 0.3) is 0 Å². The maximum absolute atomic E-state index is 9.18. The van der Waals surface area contributed by atoms with Crippen LogP contribution in [0, 0.1) is 19.8 Å². The predicted molar refractivity (Wildman–Crippen MR) is 74.6 cm³/mol. The second-order valence-corrected chi connectivity index (χ2v) is 5.24. The number of rotatable bonds is 6. The van der Waals surface area contributed by atoms with Gasteiger partial charge in [-0.15, -0.1) is 0 Å². The Morgan fingerprint density at radius 2 is 1.89 bits per heavy atom. The number of aliphatic hydroxyl groups excluding tert-OH is 1. The van der Waals surface area contributed by atoms with E-state index in [9.17, 15) is 5.11 Å². The molecule has 0 fully saturated rings. The zero-order valence-corrected chi connectivity index (χ0v) is 12.5. The lowest BCUT2D eigenvalue weighted by Gasteiger charge is -2.24. The van der Waals surface area contributed by atoms with Crippen LogP contribution in [0.1, 0.15) is 50.7 Å². The molecule has 2 N–H and O–H groups in total. The first-order chi connectivity index (χ1) is 8.42. The van der Waals surface area contributed by atoms with E-state index in [2.05, 4.69) is 52.0 Å². The minimum atomic E-state index is 0.215. The van der Waals surface area contributed by atoms with E-state index < -0.39 is 0 Å². The van der Waals surface area contributed by atoms with Crippen LogP contribution in [-0.4, -0.2) is 27.5 Å². The molecule has 18 heavy (non-hydrogen) atoms. The van der Waals surface area contributed by atoms with Gasteiger partial charge in [-0.1, -0.05) is 6.92 Å². The third-order valence-electron chi connectivity index (χ3n) is 3.82. The normalized spacial score (nSPS) is 16.6. The van der Waals surface area contributed by atoms with E-state index in [0.29, 0.717) is 0 Å². The average Bonchev–Trinajstić information content (AvgIpc) is 2.62. The molecule has 0 aliphatic carbocycles. The maximum atomic E-state index is 9.18. The maximum Gasteiger partial charge on any atom is 0.0644 e. The minimum Gasteiger partial charge on any atom is -0.396 e. The highest BCUT2D eigenvalue weighted by Crippen LogP contribution is 2.22. The Morgan fingerprint density at radius 1 is 1.28 bits per heavy atom. The van der Waals surface area contributed by atoms with Crippen LogP contribution < -0.4 is 5.32 Å². The fourth-order valence-electron chi connectivity index (χ4n) is 2.45. The Hall–Kier alpha value is -0.870. The standard InChI is InChI=1S/C14H27N3O/c1-7-17-13(6)14(12(5)16-17)11(4)15-10(3)9(2)8-18/h9-11,15,18H,7-8H2,1-6H3. The smallest absolute Gasteiger partial charge is 0.0644 e. The van der Waals surface area contributed by atoms with Crippen LogP contribution in [0.25, 0.3) is 0 Å². The zero-order valence-electron chi connectivity index (χ0n) is 12.5. The summed E-state index contributed by atoms with van der Waals surface area (Å²) in [5.74, 6) is 0.259. The largest absolute Gasteiger partial charge is 0.396 e. The van der Waals surface area contributed by atoms with Gasteiger partial charge in [-0.3, -0.25) is 4.68 Å². The molecule has 4 nitrogen and oxygen atoms in total. The summed E-state index contributed by atoms with van der Waals surface area (Å²) in [6, 6.07) is 0.545. The molecule has 0 saturated heterocycles. The molecule has 1 aromatic rings. The van der Waals surface area contributed by atoms with Crippen LogP contribution in [-0.2, 0) is 6.54 Å². The first kappa shape index (κ1) is 15.2. The summed E-state index contributed by atoms with van der Waals surface area (Å²) in [6.07, 6.45) is 0. The van der Waals surface area contributed by atoms with Crippen LogP contribution in [0.4, 0.5) is 0 Å². The molecule has 1 rings (SSSR count). The van der Waals surface area contributed by atoms with Crippen molar-refractivity contribution < 1.29 is 5.11 Å². The van der Waals surface area contributed by atoms with Gasteiger partial charge in [0.2, 0.25) is 0 Å². The van der Waals surface area contributed by atoms with Crippen LogP contribution in [0.3, 0.4) is 0 Å². The van der Waals surface area contributed by atoms with Crippen molar-refractivity contribution in [2.45, 2.75) is 60.2 Å². The quantitative estimate of drug-likeness (QED) is 0.817. The molecule has 1 heterocycles. The van der Waals surface area contributed by atoms with Crippen molar-refractivity contribution in [1.82, 2.24) is 15.1 Å².